The number of rotatable bonds is 4. The number of ether oxygens (including phenoxy) is 2. The van der Waals surface area contributed by atoms with Crippen molar-refractivity contribution in [1.82, 2.24) is 14.9 Å². The highest BCUT2D eigenvalue weighted by molar-refractivity contribution is 5.73. The van der Waals surface area contributed by atoms with Gasteiger partial charge in [-0.25, -0.2) is 14.8 Å². The largest absolute Gasteiger partial charge is 0.490 e. The number of nitrogens with zero attached hydrogens (tertiary/aromatic N) is 3. The first-order valence-corrected chi connectivity index (χ1v) is 9.31. The lowest BCUT2D eigenvalue weighted by Crippen LogP contribution is -2.65. The molecule has 0 saturated carbocycles. The third-order valence-corrected chi connectivity index (χ3v) is 4.70. The van der Waals surface area contributed by atoms with Gasteiger partial charge in [-0.1, -0.05) is 0 Å². The van der Waals surface area contributed by atoms with E-state index in [4.69, 9.17) is 23.8 Å². The molecule has 1 N–H and O–H groups in total. The van der Waals surface area contributed by atoms with Crippen LogP contribution in [0.2, 0.25) is 0 Å². The Labute approximate surface area is 170 Å². The van der Waals surface area contributed by atoms with Crippen LogP contribution in [0.1, 0.15) is 24.4 Å². The van der Waals surface area contributed by atoms with E-state index in [2.05, 4.69) is 14.9 Å². The SMILES string of the molecule is Cc1ccc(CN2CC3(CC(Oc4ncccn4)CCO3)C2)o1.O=C(O)C(F)(F)F. The lowest BCUT2D eigenvalue weighted by molar-refractivity contribution is -0.192. The third kappa shape index (κ3) is 5.92. The van der Waals surface area contributed by atoms with Gasteiger partial charge in [0, 0.05) is 38.3 Å². The number of carbonyl (C=O) groups is 1. The fraction of sp³-hybridized carbons (Fsp3) is 0.526. The molecule has 2 saturated heterocycles. The molecule has 2 aliphatic heterocycles. The number of aliphatic carboxylic acids is 1. The van der Waals surface area contributed by atoms with Gasteiger partial charge in [-0.2, -0.15) is 13.2 Å². The molecule has 1 unspecified atom stereocenters. The highest BCUT2D eigenvalue weighted by Crippen LogP contribution is 2.36. The average molecular weight is 429 g/mol. The summed E-state index contributed by atoms with van der Waals surface area (Å²) in [6.45, 7) is 5.38. The fourth-order valence-electron chi connectivity index (χ4n) is 3.47. The Morgan fingerprint density at radius 3 is 2.57 bits per heavy atom. The summed E-state index contributed by atoms with van der Waals surface area (Å²) in [5.74, 6) is -0.786. The molecule has 2 aliphatic rings. The molecule has 1 atom stereocenters. The summed E-state index contributed by atoms with van der Waals surface area (Å²) in [6, 6.07) is 6.29. The summed E-state index contributed by atoms with van der Waals surface area (Å²) < 4.78 is 49.3. The maximum absolute atomic E-state index is 10.6. The van der Waals surface area contributed by atoms with Crippen LogP contribution in [0.3, 0.4) is 0 Å². The van der Waals surface area contributed by atoms with Gasteiger partial charge in [0.25, 0.3) is 0 Å². The van der Waals surface area contributed by atoms with Crippen LogP contribution in [0, 0.1) is 6.92 Å². The van der Waals surface area contributed by atoms with Gasteiger partial charge in [-0.15, -0.1) is 0 Å². The van der Waals surface area contributed by atoms with Crippen LogP contribution in [-0.2, 0) is 16.1 Å². The van der Waals surface area contributed by atoms with Crippen molar-refractivity contribution in [2.45, 2.75) is 44.2 Å². The van der Waals surface area contributed by atoms with Gasteiger partial charge in [0.15, 0.2) is 0 Å². The van der Waals surface area contributed by atoms with Crippen LogP contribution < -0.4 is 4.74 Å². The second kappa shape index (κ2) is 9.00. The lowest BCUT2D eigenvalue weighted by atomic mass is 9.84. The zero-order valence-corrected chi connectivity index (χ0v) is 16.3. The van der Waals surface area contributed by atoms with Gasteiger partial charge in [-0.05, 0) is 25.1 Å². The van der Waals surface area contributed by atoms with Crippen molar-refractivity contribution in [2.75, 3.05) is 19.7 Å². The van der Waals surface area contributed by atoms with Crippen LogP contribution in [0.4, 0.5) is 13.2 Å². The minimum Gasteiger partial charge on any atom is -0.475 e. The van der Waals surface area contributed by atoms with Crippen LogP contribution in [0.15, 0.2) is 35.0 Å². The molecule has 4 heterocycles. The molecule has 0 aromatic carbocycles. The molecule has 1 spiro atoms. The summed E-state index contributed by atoms with van der Waals surface area (Å²) in [6.07, 6.45) is 0.219. The Bertz CT molecular complexity index is 837. The normalized spacial score (nSPS) is 20.7. The number of carboxylic acid groups (broad SMARTS) is 1. The van der Waals surface area contributed by atoms with E-state index in [0.29, 0.717) is 6.01 Å². The fourth-order valence-corrected chi connectivity index (χ4v) is 3.47. The predicted molar refractivity (Wildman–Crippen MR) is 96.8 cm³/mol. The Morgan fingerprint density at radius 2 is 2.00 bits per heavy atom. The second-order valence-electron chi connectivity index (χ2n) is 7.26. The van der Waals surface area contributed by atoms with Crippen molar-refractivity contribution in [1.29, 1.82) is 0 Å². The van der Waals surface area contributed by atoms with Crippen molar-refractivity contribution in [3.8, 4) is 6.01 Å². The van der Waals surface area contributed by atoms with E-state index in [9.17, 15) is 13.2 Å². The van der Waals surface area contributed by atoms with Crippen LogP contribution in [-0.4, -0.2) is 63.5 Å². The maximum atomic E-state index is 10.6. The smallest absolute Gasteiger partial charge is 0.475 e. The first-order valence-electron chi connectivity index (χ1n) is 9.31. The molecule has 4 rings (SSSR count). The predicted octanol–water partition coefficient (Wildman–Crippen LogP) is 2.82. The highest BCUT2D eigenvalue weighted by atomic mass is 19.4. The van der Waals surface area contributed by atoms with E-state index >= 15 is 0 Å². The number of likely N-dealkylation sites (tertiary alicyclic amines) is 1. The zero-order valence-electron chi connectivity index (χ0n) is 16.3. The molecule has 11 heteroatoms. The molecule has 8 nitrogen and oxygen atoms in total. The molecular formula is C19H22F3N3O5. The topological polar surface area (TPSA) is 97.9 Å². The Hall–Kier alpha value is -2.66. The van der Waals surface area contributed by atoms with Gasteiger partial charge in [0.05, 0.1) is 18.8 Å². The van der Waals surface area contributed by atoms with Gasteiger partial charge in [0.2, 0.25) is 0 Å². The number of aromatic nitrogens is 2. The molecule has 0 aliphatic carbocycles. The summed E-state index contributed by atoms with van der Waals surface area (Å²) in [4.78, 5) is 19.5. The molecule has 2 fully saturated rings. The second-order valence-corrected chi connectivity index (χ2v) is 7.26. The number of hydrogen-bond donors (Lipinski definition) is 1. The van der Waals surface area contributed by atoms with E-state index < -0.39 is 12.1 Å². The first kappa shape index (κ1) is 22.0. The Morgan fingerprint density at radius 1 is 1.33 bits per heavy atom. The number of furan rings is 1. The van der Waals surface area contributed by atoms with Crippen molar-refractivity contribution < 1.29 is 37.0 Å². The van der Waals surface area contributed by atoms with Crippen LogP contribution in [0.25, 0.3) is 0 Å². The van der Waals surface area contributed by atoms with E-state index in [1.807, 2.05) is 19.1 Å². The number of alkyl halides is 3. The zero-order chi connectivity index (χ0) is 21.8. The number of carboxylic acids is 1. The summed E-state index contributed by atoms with van der Waals surface area (Å²) in [7, 11) is 0. The van der Waals surface area contributed by atoms with Gasteiger partial charge >= 0.3 is 18.2 Å². The molecule has 0 radical (unpaired) electrons. The monoisotopic (exact) mass is 429 g/mol. The van der Waals surface area contributed by atoms with E-state index in [1.165, 1.54) is 0 Å². The van der Waals surface area contributed by atoms with E-state index in [1.54, 1.807) is 18.5 Å². The third-order valence-electron chi connectivity index (χ3n) is 4.70. The van der Waals surface area contributed by atoms with Crippen molar-refractivity contribution in [3.63, 3.8) is 0 Å². The minimum atomic E-state index is -5.08. The summed E-state index contributed by atoms with van der Waals surface area (Å²) in [5.41, 5.74) is -0.0840. The van der Waals surface area contributed by atoms with Gasteiger partial charge in [-0.3, -0.25) is 4.90 Å². The molecule has 30 heavy (non-hydrogen) atoms. The van der Waals surface area contributed by atoms with Crippen LogP contribution in [0.5, 0.6) is 6.01 Å². The molecule has 164 valence electrons. The molecule has 0 bridgehead atoms. The Kier molecular flexibility index (Phi) is 6.61. The van der Waals surface area contributed by atoms with Crippen molar-refractivity contribution in [2.24, 2.45) is 0 Å². The van der Waals surface area contributed by atoms with Crippen molar-refractivity contribution >= 4 is 5.97 Å². The summed E-state index contributed by atoms with van der Waals surface area (Å²) >= 11 is 0. The standard InChI is InChI=1S/C17H21N3O3.C2HF3O2/c1-13-3-4-15(22-13)10-20-11-17(12-20)9-14(5-8-21-17)23-16-18-6-2-7-19-16;3-2(4,5)1(6)7/h2-4,6-7,14H,5,8-12H2,1H3;(H,6,7). The Balaban J connectivity index is 0.000000318. The molecular weight excluding hydrogens is 407 g/mol. The number of aryl methyl sites for hydroxylation is 1. The molecule has 2 aromatic heterocycles. The van der Waals surface area contributed by atoms with Gasteiger partial charge in [0.1, 0.15) is 17.6 Å². The summed E-state index contributed by atoms with van der Waals surface area (Å²) in [5, 5.41) is 7.12. The van der Waals surface area contributed by atoms with Crippen molar-refractivity contribution in [3.05, 3.63) is 42.1 Å². The molecule has 0 amide bonds. The van der Waals surface area contributed by atoms with Crippen LogP contribution >= 0.6 is 0 Å². The maximum Gasteiger partial charge on any atom is 0.490 e. The first-order chi connectivity index (χ1) is 14.2. The number of hydrogen-bond acceptors (Lipinski definition) is 7. The van der Waals surface area contributed by atoms with E-state index in [-0.39, 0.29) is 11.7 Å². The lowest BCUT2D eigenvalue weighted by Gasteiger charge is -2.52. The van der Waals surface area contributed by atoms with Gasteiger partial charge < -0.3 is 19.0 Å². The average Bonchev–Trinajstić information content (AvgIpc) is 3.06. The molecule has 2 aromatic rings. The number of halogens is 3. The van der Waals surface area contributed by atoms with E-state index in [0.717, 1.165) is 50.6 Å². The quantitative estimate of drug-likeness (QED) is 0.793. The minimum absolute atomic E-state index is 0.0840. The highest BCUT2D eigenvalue weighted by Gasteiger charge is 2.48.